The maximum absolute atomic E-state index is 10.3. The molecule has 0 radical (unpaired) electrons. The van der Waals surface area contributed by atoms with Crippen LogP contribution in [-0.4, -0.2) is 11.5 Å². The van der Waals surface area contributed by atoms with E-state index in [9.17, 15) is 10.1 Å². The Labute approximate surface area is 93.0 Å². The summed E-state index contributed by atoms with van der Waals surface area (Å²) >= 11 is 0. The molecule has 0 aliphatic rings. The third kappa shape index (κ3) is 2.21. The number of nitro groups is 1. The molecule has 0 amide bonds. The summed E-state index contributed by atoms with van der Waals surface area (Å²) in [6.07, 6.45) is 2.21. The van der Waals surface area contributed by atoms with Crippen LogP contribution in [0.2, 0.25) is 0 Å². The number of furan rings is 1. The fraction of sp³-hybridized carbons (Fsp3) is 0.333. The Balaban J connectivity index is 2.15. The van der Waals surface area contributed by atoms with Crippen molar-refractivity contribution < 1.29 is 9.34 Å². The molecule has 2 aromatic rings. The molecule has 0 saturated carbocycles. The Morgan fingerprint density at radius 2 is 2.25 bits per heavy atom. The molecule has 4 nitrogen and oxygen atoms in total. The molecule has 0 spiro atoms. The van der Waals surface area contributed by atoms with E-state index in [1.54, 1.807) is 6.26 Å². The highest BCUT2D eigenvalue weighted by Gasteiger charge is 2.10. The Hall–Kier alpha value is -1.84. The van der Waals surface area contributed by atoms with E-state index in [2.05, 4.69) is 0 Å². The molecule has 1 aromatic heterocycles. The van der Waals surface area contributed by atoms with Crippen LogP contribution in [0.5, 0.6) is 0 Å². The van der Waals surface area contributed by atoms with Crippen molar-refractivity contribution in [3.8, 4) is 0 Å². The van der Waals surface area contributed by atoms with Gasteiger partial charge in [0, 0.05) is 16.7 Å². The van der Waals surface area contributed by atoms with Crippen LogP contribution >= 0.6 is 0 Å². The van der Waals surface area contributed by atoms with Gasteiger partial charge in [0.25, 0.3) is 0 Å². The van der Waals surface area contributed by atoms with Crippen LogP contribution < -0.4 is 0 Å². The van der Waals surface area contributed by atoms with Crippen LogP contribution in [0.1, 0.15) is 24.8 Å². The first-order valence-corrected chi connectivity index (χ1v) is 5.26. The van der Waals surface area contributed by atoms with Crippen molar-refractivity contribution in [1.82, 2.24) is 0 Å². The van der Waals surface area contributed by atoms with E-state index in [1.807, 2.05) is 31.2 Å². The first-order valence-electron chi connectivity index (χ1n) is 5.26. The Kier molecular flexibility index (Phi) is 2.90. The smallest absolute Gasteiger partial charge is 0.204 e. The van der Waals surface area contributed by atoms with Crippen molar-refractivity contribution in [1.29, 1.82) is 0 Å². The predicted molar refractivity (Wildman–Crippen MR) is 61.1 cm³/mol. The Morgan fingerprint density at radius 3 is 3.00 bits per heavy atom. The Morgan fingerprint density at radius 1 is 1.44 bits per heavy atom. The zero-order valence-corrected chi connectivity index (χ0v) is 9.05. The molecule has 1 aromatic carbocycles. The normalized spacial score (nSPS) is 12.8. The van der Waals surface area contributed by atoms with Gasteiger partial charge in [0.2, 0.25) is 6.54 Å². The van der Waals surface area contributed by atoms with Crippen LogP contribution in [0.25, 0.3) is 11.0 Å². The van der Waals surface area contributed by atoms with Gasteiger partial charge in [-0.15, -0.1) is 0 Å². The van der Waals surface area contributed by atoms with E-state index in [0.29, 0.717) is 6.42 Å². The van der Waals surface area contributed by atoms with Crippen molar-refractivity contribution in [2.24, 2.45) is 0 Å². The van der Waals surface area contributed by atoms with Crippen molar-refractivity contribution in [2.45, 2.75) is 19.3 Å². The maximum Gasteiger partial charge on any atom is 0.204 e. The minimum absolute atomic E-state index is 0.0184. The standard InChI is InChI=1S/C12H13NO3/c1-9(4-6-13(14)15)10-2-3-12-11(8-10)5-7-16-12/h2-3,5,7-9H,4,6H2,1H3. The average molecular weight is 219 g/mol. The molecule has 0 saturated heterocycles. The molecule has 2 rings (SSSR count). The van der Waals surface area contributed by atoms with E-state index in [-0.39, 0.29) is 17.4 Å². The molecule has 84 valence electrons. The van der Waals surface area contributed by atoms with Crippen LogP contribution in [0.3, 0.4) is 0 Å². The SMILES string of the molecule is CC(CC[N+](=O)[O-])c1ccc2occc2c1. The predicted octanol–water partition coefficient (Wildman–Crippen LogP) is 3.20. The van der Waals surface area contributed by atoms with Crippen LogP contribution in [0.15, 0.2) is 34.9 Å². The van der Waals surface area contributed by atoms with Gasteiger partial charge in [0.15, 0.2) is 0 Å². The second-order valence-corrected chi connectivity index (χ2v) is 3.96. The van der Waals surface area contributed by atoms with Crippen LogP contribution in [0, 0.1) is 10.1 Å². The average Bonchev–Trinajstić information content (AvgIpc) is 2.72. The number of benzene rings is 1. The number of nitrogens with zero attached hydrogens (tertiary/aromatic N) is 1. The molecule has 0 bridgehead atoms. The van der Waals surface area contributed by atoms with Crippen LogP contribution in [-0.2, 0) is 0 Å². The molecule has 0 aliphatic carbocycles. The van der Waals surface area contributed by atoms with E-state index in [0.717, 1.165) is 16.5 Å². The molecule has 0 N–H and O–H groups in total. The summed E-state index contributed by atoms with van der Waals surface area (Å²) in [5.74, 6) is 0.199. The summed E-state index contributed by atoms with van der Waals surface area (Å²) in [6.45, 7) is 2.02. The summed E-state index contributed by atoms with van der Waals surface area (Å²) in [4.78, 5) is 10.0. The first kappa shape index (κ1) is 10.7. The Bertz CT molecular complexity index is 504. The second kappa shape index (κ2) is 4.35. The van der Waals surface area contributed by atoms with E-state index in [1.165, 1.54) is 0 Å². The quantitative estimate of drug-likeness (QED) is 0.586. The van der Waals surface area contributed by atoms with E-state index >= 15 is 0 Å². The third-order valence-corrected chi connectivity index (χ3v) is 2.79. The van der Waals surface area contributed by atoms with Gasteiger partial charge in [0.05, 0.1) is 6.26 Å². The molecular weight excluding hydrogens is 206 g/mol. The zero-order chi connectivity index (χ0) is 11.5. The molecule has 0 aliphatic heterocycles. The molecule has 1 unspecified atom stereocenters. The van der Waals surface area contributed by atoms with Gasteiger partial charge in [-0.05, 0) is 29.7 Å². The molecule has 0 fully saturated rings. The first-order chi connectivity index (χ1) is 7.66. The highest BCUT2D eigenvalue weighted by atomic mass is 16.6. The van der Waals surface area contributed by atoms with Crippen molar-refractivity contribution in [3.63, 3.8) is 0 Å². The van der Waals surface area contributed by atoms with Gasteiger partial charge < -0.3 is 4.42 Å². The zero-order valence-electron chi connectivity index (χ0n) is 9.05. The highest BCUT2D eigenvalue weighted by molar-refractivity contribution is 5.77. The topological polar surface area (TPSA) is 56.3 Å². The molecule has 1 heterocycles. The third-order valence-electron chi connectivity index (χ3n) is 2.79. The lowest BCUT2D eigenvalue weighted by molar-refractivity contribution is -0.480. The second-order valence-electron chi connectivity index (χ2n) is 3.96. The molecular formula is C12H13NO3. The summed E-state index contributed by atoms with van der Waals surface area (Å²) in [5, 5.41) is 11.3. The molecule has 16 heavy (non-hydrogen) atoms. The number of fused-ring (bicyclic) bond motifs is 1. The van der Waals surface area contributed by atoms with Crippen LogP contribution in [0.4, 0.5) is 0 Å². The summed E-state index contributed by atoms with van der Waals surface area (Å²) in [6, 6.07) is 7.81. The van der Waals surface area contributed by atoms with Gasteiger partial charge in [0.1, 0.15) is 5.58 Å². The highest BCUT2D eigenvalue weighted by Crippen LogP contribution is 2.24. The largest absolute Gasteiger partial charge is 0.464 e. The lowest BCUT2D eigenvalue weighted by atomic mass is 9.97. The van der Waals surface area contributed by atoms with Gasteiger partial charge in [-0.25, -0.2) is 0 Å². The molecule has 4 heteroatoms. The van der Waals surface area contributed by atoms with Gasteiger partial charge in [-0.3, -0.25) is 10.1 Å². The lowest BCUT2D eigenvalue weighted by Crippen LogP contribution is -2.05. The van der Waals surface area contributed by atoms with E-state index in [4.69, 9.17) is 4.42 Å². The number of hydrogen-bond donors (Lipinski definition) is 0. The maximum atomic E-state index is 10.3. The van der Waals surface area contributed by atoms with Crippen molar-refractivity contribution in [3.05, 3.63) is 46.2 Å². The van der Waals surface area contributed by atoms with Gasteiger partial charge in [-0.2, -0.15) is 0 Å². The fourth-order valence-electron chi connectivity index (χ4n) is 1.76. The number of rotatable bonds is 4. The van der Waals surface area contributed by atoms with Gasteiger partial charge in [-0.1, -0.05) is 13.0 Å². The van der Waals surface area contributed by atoms with E-state index < -0.39 is 0 Å². The van der Waals surface area contributed by atoms with Gasteiger partial charge >= 0.3 is 0 Å². The fourth-order valence-corrected chi connectivity index (χ4v) is 1.76. The van der Waals surface area contributed by atoms with Crippen molar-refractivity contribution >= 4 is 11.0 Å². The summed E-state index contributed by atoms with van der Waals surface area (Å²) < 4.78 is 5.24. The summed E-state index contributed by atoms with van der Waals surface area (Å²) in [7, 11) is 0. The van der Waals surface area contributed by atoms with Crippen molar-refractivity contribution in [2.75, 3.05) is 6.54 Å². The minimum Gasteiger partial charge on any atom is -0.464 e. The monoisotopic (exact) mass is 219 g/mol. The lowest BCUT2D eigenvalue weighted by Gasteiger charge is -2.08. The number of hydrogen-bond acceptors (Lipinski definition) is 3. The minimum atomic E-state index is -0.271. The molecule has 1 atom stereocenters. The summed E-state index contributed by atoms with van der Waals surface area (Å²) in [5.41, 5.74) is 1.97.